The number of carbonyl (C=O) groups excluding carboxylic acids is 1. The lowest BCUT2D eigenvalue weighted by molar-refractivity contribution is -0.144. The van der Waals surface area contributed by atoms with Gasteiger partial charge < -0.3 is 4.74 Å². The van der Waals surface area contributed by atoms with Gasteiger partial charge in [0.25, 0.3) is 0 Å². The first-order chi connectivity index (χ1) is 8.21. The minimum absolute atomic E-state index is 0.121. The van der Waals surface area contributed by atoms with E-state index in [-0.39, 0.29) is 23.6 Å². The summed E-state index contributed by atoms with van der Waals surface area (Å²) in [7, 11) is 1.35. The summed E-state index contributed by atoms with van der Waals surface area (Å²) in [6, 6.07) is 0. The third-order valence-electron chi connectivity index (χ3n) is 4.45. The average molecular weight is 256 g/mol. The van der Waals surface area contributed by atoms with Gasteiger partial charge in [-0.2, -0.15) is 0 Å². The fraction of sp³-hybridized carbons (Fsp3) is 0.800. The highest BCUT2D eigenvalue weighted by Crippen LogP contribution is 2.50. The van der Waals surface area contributed by atoms with Crippen molar-refractivity contribution in [2.24, 2.45) is 16.7 Å². The van der Waals surface area contributed by atoms with Gasteiger partial charge >= 0.3 is 5.97 Å². The van der Waals surface area contributed by atoms with Crippen LogP contribution in [0, 0.1) is 16.7 Å². The molecule has 0 atom stereocenters. The lowest BCUT2D eigenvalue weighted by Gasteiger charge is -2.42. The van der Waals surface area contributed by atoms with E-state index in [0.717, 1.165) is 12.8 Å². The van der Waals surface area contributed by atoms with E-state index in [4.69, 9.17) is 0 Å². The zero-order valence-corrected chi connectivity index (χ0v) is 12.0. The predicted octanol–water partition coefficient (Wildman–Crippen LogP) is 4.26. The number of carbonyl (C=O) groups is 1. The first-order valence-corrected chi connectivity index (χ1v) is 6.63. The molecule has 1 aliphatic rings. The highest BCUT2D eigenvalue weighted by atomic mass is 19.1. The molecule has 0 radical (unpaired) electrons. The van der Waals surface area contributed by atoms with Gasteiger partial charge in [0.1, 0.15) is 0 Å². The van der Waals surface area contributed by atoms with Crippen LogP contribution in [0.2, 0.25) is 0 Å². The van der Waals surface area contributed by atoms with Crippen molar-refractivity contribution < 1.29 is 13.9 Å². The lowest BCUT2D eigenvalue weighted by atomic mass is 9.62. The van der Waals surface area contributed by atoms with E-state index in [2.05, 4.69) is 32.1 Å². The number of allylic oxidation sites excluding steroid dienone is 1. The third-order valence-corrected chi connectivity index (χ3v) is 4.45. The van der Waals surface area contributed by atoms with Gasteiger partial charge in [-0.05, 0) is 37.0 Å². The fourth-order valence-corrected chi connectivity index (χ4v) is 2.93. The Morgan fingerprint density at radius 3 is 2.22 bits per heavy atom. The monoisotopic (exact) mass is 256 g/mol. The highest BCUT2D eigenvalue weighted by Gasteiger charge is 2.42. The van der Waals surface area contributed by atoms with Crippen LogP contribution in [0.1, 0.15) is 52.9 Å². The number of ether oxygens (including phenoxy) is 1. The number of esters is 1. The van der Waals surface area contributed by atoms with Crippen molar-refractivity contribution in [3.05, 3.63) is 12.4 Å². The first-order valence-electron chi connectivity index (χ1n) is 6.63. The topological polar surface area (TPSA) is 26.3 Å². The van der Waals surface area contributed by atoms with E-state index in [1.807, 2.05) is 0 Å². The van der Waals surface area contributed by atoms with Crippen molar-refractivity contribution in [2.45, 2.75) is 52.9 Å². The standard InChI is InChI=1S/C15H25FO2/c1-11(16)15(10-13(17)18-5)8-6-12(7-9-15)14(2,3)4/h12H,1,6-10H2,2-5H3. The minimum Gasteiger partial charge on any atom is -0.469 e. The number of methoxy groups -OCH3 is 1. The molecule has 0 saturated heterocycles. The Labute approximate surface area is 110 Å². The van der Waals surface area contributed by atoms with Gasteiger partial charge in [-0.25, -0.2) is 4.39 Å². The van der Waals surface area contributed by atoms with E-state index in [1.165, 1.54) is 7.11 Å². The van der Waals surface area contributed by atoms with Crippen LogP contribution in [-0.4, -0.2) is 13.1 Å². The van der Waals surface area contributed by atoms with Gasteiger partial charge in [0.15, 0.2) is 0 Å². The fourth-order valence-electron chi connectivity index (χ4n) is 2.93. The summed E-state index contributed by atoms with van der Waals surface area (Å²) in [4.78, 5) is 11.4. The molecule has 1 fully saturated rings. The molecule has 2 nitrogen and oxygen atoms in total. The van der Waals surface area contributed by atoms with Crippen LogP contribution in [0.25, 0.3) is 0 Å². The van der Waals surface area contributed by atoms with E-state index >= 15 is 0 Å². The molecule has 0 aromatic heterocycles. The summed E-state index contributed by atoms with van der Waals surface area (Å²) in [6.45, 7) is 10.1. The molecule has 18 heavy (non-hydrogen) atoms. The lowest BCUT2D eigenvalue weighted by Crippen LogP contribution is -2.34. The summed E-state index contributed by atoms with van der Waals surface area (Å²) >= 11 is 0. The molecule has 0 aromatic rings. The van der Waals surface area contributed by atoms with Crippen molar-refractivity contribution in [3.8, 4) is 0 Å². The van der Waals surface area contributed by atoms with Gasteiger partial charge in [0.05, 0.1) is 19.4 Å². The Bertz CT molecular complexity index is 320. The molecule has 0 amide bonds. The van der Waals surface area contributed by atoms with Crippen LogP contribution in [0.3, 0.4) is 0 Å². The van der Waals surface area contributed by atoms with Crippen LogP contribution >= 0.6 is 0 Å². The number of hydrogen-bond donors (Lipinski definition) is 0. The van der Waals surface area contributed by atoms with Gasteiger partial charge in [0.2, 0.25) is 0 Å². The van der Waals surface area contributed by atoms with Crippen molar-refractivity contribution in [3.63, 3.8) is 0 Å². The molecular formula is C15H25FO2. The second kappa shape index (κ2) is 5.41. The summed E-state index contributed by atoms with van der Waals surface area (Å²) in [5.74, 6) is -0.120. The minimum atomic E-state index is -0.686. The van der Waals surface area contributed by atoms with E-state index in [9.17, 15) is 9.18 Å². The molecule has 0 unspecified atom stereocenters. The summed E-state index contributed by atoms with van der Waals surface area (Å²) in [6.07, 6.45) is 3.40. The molecule has 0 aliphatic heterocycles. The van der Waals surface area contributed by atoms with Crippen molar-refractivity contribution in [2.75, 3.05) is 7.11 Å². The van der Waals surface area contributed by atoms with Crippen LogP contribution in [0.4, 0.5) is 4.39 Å². The molecule has 0 N–H and O–H groups in total. The molecule has 104 valence electrons. The van der Waals surface area contributed by atoms with Crippen LogP contribution in [-0.2, 0) is 9.53 Å². The SMILES string of the molecule is C=C(F)C1(CC(=O)OC)CCC(C(C)(C)C)CC1. The van der Waals surface area contributed by atoms with Gasteiger partial charge in [-0.1, -0.05) is 27.4 Å². The molecule has 0 bridgehead atoms. The molecule has 1 aliphatic carbocycles. The molecule has 0 heterocycles. The Balaban J connectivity index is 2.75. The summed E-state index contributed by atoms with van der Waals surface area (Å²) in [5.41, 5.74) is -0.441. The highest BCUT2D eigenvalue weighted by molar-refractivity contribution is 5.70. The number of rotatable bonds is 3. The first kappa shape index (κ1) is 15.2. The largest absolute Gasteiger partial charge is 0.469 e. The number of hydrogen-bond acceptors (Lipinski definition) is 2. The second-order valence-corrected chi connectivity index (χ2v) is 6.58. The second-order valence-electron chi connectivity index (χ2n) is 6.58. The molecule has 1 rings (SSSR count). The van der Waals surface area contributed by atoms with E-state index in [0.29, 0.717) is 18.8 Å². The molecule has 3 heteroatoms. The van der Waals surface area contributed by atoms with Gasteiger partial charge in [0, 0.05) is 5.41 Å². The van der Waals surface area contributed by atoms with Crippen LogP contribution in [0.15, 0.2) is 12.4 Å². The average Bonchev–Trinajstić information content (AvgIpc) is 2.28. The maximum atomic E-state index is 13.8. The number of halogens is 1. The molecular weight excluding hydrogens is 231 g/mol. The maximum Gasteiger partial charge on any atom is 0.306 e. The van der Waals surface area contributed by atoms with Crippen molar-refractivity contribution in [1.82, 2.24) is 0 Å². The molecule has 0 aromatic carbocycles. The Morgan fingerprint density at radius 2 is 1.89 bits per heavy atom. The Hall–Kier alpha value is -0.860. The maximum absolute atomic E-state index is 13.8. The molecule has 0 spiro atoms. The zero-order valence-electron chi connectivity index (χ0n) is 12.0. The quantitative estimate of drug-likeness (QED) is 0.705. The normalized spacial score (nSPS) is 28.8. The smallest absolute Gasteiger partial charge is 0.306 e. The summed E-state index contributed by atoms with van der Waals surface area (Å²) in [5, 5.41) is 0. The molecule has 1 saturated carbocycles. The zero-order chi connectivity index (χ0) is 14.0. The summed E-state index contributed by atoms with van der Waals surface area (Å²) < 4.78 is 18.4. The van der Waals surface area contributed by atoms with Crippen LogP contribution in [0.5, 0.6) is 0 Å². The van der Waals surface area contributed by atoms with Crippen molar-refractivity contribution in [1.29, 1.82) is 0 Å². The van der Waals surface area contributed by atoms with E-state index < -0.39 is 5.41 Å². The Morgan fingerprint density at radius 1 is 1.39 bits per heavy atom. The predicted molar refractivity (Wildman–Crippen MR) is 70.7 cm³/mol. The van der Waals surface area contributed by atoms with Gasteiger partial charge in [-0.15, -0.1) is 0 Å². The third kappa shape index (κ3) is 3.33. The van der Waals surface area contributed by atoms with Crippen molar-refractivity contribution >= 4 is 5.97 Å². The van der Waals surface area contributed by atoms with E-state index in [1.54, 1.807) is 0 Å². The van der Waals surface area contributed by atoms with Crippen LogP contribution < -0.4 is 0 Å². The van der Waals surface area contributed by atoms with Gasteiger partial charge in [-0.3, -0.25) is 4.79 Å². The Kier molecular flexibility index (Phi) is 4.57.